The number of sulfone groups is 1. The maximum atomic E-state index is 13.3. The van der Waals surface area contributed by atoms with Crippen molar-refractivity contribution in [2.75, 3.05) is 19.8 Å². The van der Waals surface area contributed by atoms with E-state index in [2.05, 4.69) is 5.32 Å². The van der Waals surface area contributed by atoms with E-state index in [1.165, 1.54) is 6.20 Å². The fourth-order valence-electron chi connectivity index (χ4n) is 3.35. The van der Waals surface area contributed by atoms with E-state index >= 15 is 0 Å². The molecule has 0 saturated carbocycles. The number of rotatable bonds is 10. The zero-order chi connectivity index (χ0) is 22.4. The molecule has 0 aliphatic rings. The smallest absolute Gasteiger partial charge is 0.240 e. The summed E-state index contributed by atoms with van der Waals surface area (Å²) in [6.45, 7) is 6.77. The monoisotopic (exact) mass is 444 g/mol. The number of carbonyl (C=O) groups is 1. The summed E-state index contributed by atoms with van der Waals surface area (Å²) in [5.41, 5.74) is 1.66. The van der Waals surface area contributed by atoms with Gasteiger partial charge >= 0.3 is 0 Å². The van der Waals surface area contributed by atoms with Crippen LogP contribution in [0.2, 0.25) is 0 Å². The number of para-hydroxylation sites is 1. The van der Waals surface area contributed by atoms with Crippen LogP contribution in [0.1, 0.15) is 19.4 Å². The molecule has 0 unspecified atom stereocenters. The lowest BCUT2D eigenvalue weighted by molar-refractivity contribution is -0.140. The number of nitrogens with one attached hydrogen (secondary N) is 1. The summed E-state index contributed by atoms with van der Waals surface area (Å²) in [7, 11) is -3.73. The molecule has 1 amide bonds. The van der Waals surface area contributed by atoms with Gasteiger partial charge in [0.05, 0.1) is 16.3 Å². The van der Waals surface area contributed by atoms with Crippen molar-refractivity contribution in [3.8, 4) is 0 Å². The van der Waals surface area contributed by atoms with Gasteiger partial charge in [-0.15, -0.1) is 0 Å². The molecule has 8 heteroatoms. The number of hydrogen-bond donors (Lipinski definition) is 1. The molecular weight excluding hydrogens is 416 g/mol. The van der Waals surface area contributed by atoms with Gasteiger partial charge < -0.3 is 19.4 Å². The summed E-state index contributed by atoms with van der Waals surface area (Å²) in [5.74, 6) is -0.260. The fourth-order valence-corrected chi connectivity index (χ4v) is 4.82. The lowest BCUT2D eigenvalue weighted by Crippen LogP contribution is -2.37. The van der Waals surface area contributed by atoms with E-state index in [1.807, 2.05) is 26.8 Å². The molecule has 1 heterocycles. The van der Waals surface area contributed by atoms with Crippen LogP contribution in [0, 0.1) is 6.92 Å². The zero-order valence-electron chi connectivity index (χ0n) is 18.0. The second-order valence-corrected chi connectivity index (χ2v) is 9.02. The molecule has 7 nitrogen and oxygen atoms in total. The largest absolute Gasteiger partial charge is 0.351 e. The minimum atomic E-state index is -3.73. The van der Waals surface area contributed by atoms with Crippen molar-refractivity contribution in [2.45, 2.75) is 43.4 Å². The van der Waals surface area contributed by atoms with E-state index in [9.17, 15) is 13.2 Å². The number of benzene rings is 2. The van der Waals surface area contributed by atoms with Crippen LogP contribution in [0.5, 0.6) is 0 Å². The number of nitrogens with zero attached hydrogens (tertiary/aromatic N) is 1. The van der Waals surface area contributed by atoms with Crippen molar-refractivity contribution < 1.29 is 22.7 Å². The maximum Gasteiger partial charge on any atom is 0.240 e. The van der Waals surface area contributed by atoms with Crippen LogP contribution in [0.15, 0.2) is 64.5 Å². The maximum absolute atomic E-state index is 13.3. The number of aromatic nitrogens is 1. The zero-order valence-corrected chi connectivity index (χ0v) is 18.8. The summed E-state index contributed by atoms with van der Waals surface area (Å²) in [6.07, 6.45) is 1.01. The second-order valence-electron chi connectivity index (χ2n) is 7.10. The molecule has 3 rings (SSSR count). The van der Waals surface area contributed by atoms with Gasteiger partial charge in [0.25, 0.3) is 0 Å². The molecule has 0 aliphatic heterocycles. The van der Waals surface area contributed by atoms with Gasteiger partial charge in [-0.1, -0.05) is 35.9 Å². The van der Waals surface area contributed by atoms with Crippen LogP contribution in [0.3, 0.4) is 0 Å². The Balaban J connectivity index is 1.86. The number of carbonyl (C=O) groups excluding carboxylic acids is 1. The highest BCUT2D eigenvalue weighted by Crippen LogP contribution is 2.30. The number of ether oxygens (including phenoxy) is 2. The van der Waals surface area contributed by atoms with Gasteiger partial charge in [0.15, 0.2) is 6.29 Å². The Morgan fingerprint density at radius 3 is 2.32 bits per heavy atom. The van der Waals surface area contributed by atoms with Crippen molar-refractivity contribution in [1.82, 2.24) is 9.88 Å². The van der Waals surface area contributed by atoms with E-state index in [0.29, 0.717) is 24.1 Å². The van der Waals surface area contributed by atoms with E-state index in [-0.39, 0.29) is 28.8 Å². The Labute approximate surface area is 182 Å². The predicted octanol–water partition coefficient (Wildman–Crippen LogP) is 3.30. The summed E-state index contributed by atoms with van der Waals surface area (Å²) in [4.78, 5) is 12.9. The van der Waals surface area contributed by atoms with Crippen LogP contribution < -0.4 is 5.32 Å². The normalized spacial score (nSPS) is 11.9. The molecule has 31 heavy (non-hydrogen) atoms. The Kier molecular flexibility index (Phi) is 7.48. The van der Waals surface area contributed by atoms with E-state index in [0.717, 1.165) is 5.56 Å². The third-order valence-electron chi connectivity index (χ3n) is 4.86. The number of amides is 1. The van der Waals surface area contributed by atoms with Crippen molar-refractivity contribution in [3.05, 3.63) is 60.3 Å². The first-order valence-electron chi connectivity index (χ1n) is 10.3. The third kappa shape index (κ3) is 5.33. The molecule has 0 radical (unpaired) electrons. The molecule has 166 valence electrons. The van der Waals surface area contributed by atoms with Gasteiger partial charge in [-0.3, -0.25) is 4.79 Å². The standard InChI is InChI=1S/C23H28N2O5S/c1-4-29-23(30-5-2)14-24-22(26)16-25-15-21(19-8-6-7-9-20(19)25)31(27,28)18-12-10-17(3)11-13-18/h6-13,15,23H,4-5,14,16H2,1-3H3,(H,24,26). The first-order valence-corrected chi connectivity index (χ1v) is 11.7. The predicted molar refractivity (Wildman–Crippen MR) is 119 cm³/mol. The van der Waals surface area contributed by atoms with Crippen LogP contribution >= 0.6 is 0 Å². The van der Waals surface area contributed by atoms with Crippen molar-refractivity contribution in [2.24, 2.45) is 0 Å². The quantitative estimate of drug-likeness (QED) is 0.485. The van der Waals surface area contributed by atoms with Gasteiger partial charge in [-0.25, -0.2) is 8.42 Å². The first-order chi connectivity index (χ1) is 14.9. The molecule has 1 N–H and O–H groups in total. The van der Waals surface area contributed by atoms with Crippen LogP contribution in [0.4, 0.5) is 0 Å². The van der Waals surface area contributed by atoms with Crippen LogP contribution in [0.25, 0.3) is 10.9 Å². The molecule has 2 aromatic carbocycles. The van der Waals surface area contributed by atoms with Crippen molar-refractivity contribution in [3.63, 3.8) is 0 Å². The van der Waals surface area contributed by atoms with Crippen LogP contribution in [-0.4, -0.2) is 44.9 Å². The highest BCUT2D eigenvalue weighted by molar-refractivity contribution is 7.91. The molecule has 0 bridgehead atoms. The average molecular weight is 445 g/mol. The molecule has 0 saturated heterocycles. The molecule has 0 atom stereocenters. The first kappa shape index (κ1) is 23.0. The molecular formula is C23H28N2O5S. The summed E-state index contributed by atoms with van der Waals surface area (Å²) in [6, 6.07) is 13.9. The van der Waals surface area contributed by atoms with Gasteiger partial charge in [-0.2, -0.15) is 0 Å². The Morgan fingerprint density at radius 1 is 1.03 bits per heavy atom. The number of aryl methyl sites for hydroxylation is 1. The van der Waals surface area contributed by atoms with E-state index in [4.69, 9.17) is 9.47 Å². The topological polar surface area (TPSA) is 86.6 Å². The highest BCUT2D eigenvalue weighted by Gasteiger charge is 2.24. The summed E-state index contributed by atoms with van der Waals surface area (Å²) >= 11 is 0. The lowest BCUT2D eigenvalue weighted by atomic mass is 10.2. The number of hydrogen-bond acceptors (Lipinski definition) is 5. The van der Waals surface area contributed by atoms with E-state index in [1.54, 1.807) is 47.0 Å². The summed E-state index contributed by atoms with van der Waals surface area (Å²) in [5, 5.41) is 3.37. The minimum Gasteiger partial charge on any atom is -0.351 e. The molecule has 0 aliphatic carbocycles. The minimum absolute atomic E-state index is 0.0189. The number of fused-ring (bicyclic) bond motifs is 1. The van der Waals surface area contributed by atoms with Gasteiger partial charge in [-0.05, 0) is 39.0 Å². The fraction of sp³-hybridized carbons (Fsp3) is 0.348. The van der Waals surface area contributed by atoms with Crippen LogP contribution in [-0.2, 0) is 30.7 Å². The Bertz CT molecular complexity index is 1130. The van der Waals surface area contributed by atoms with Gasteiger partial charge in [0.2, 0.25) is 15.7 Å². The summed E-state index contributed by atoms with van der Waals surface area (Å²) < 4.78 is 39.1. The Morgan fingerprint density at radius 2 is 1.68 bits per heavy atom. The lowest BCUT2D eigenvalue weighted by Gasteiger charge is -2.17. The molecule has 0 spiro atoms. The average Bonchev–Trinajstić information content (AvgIpc) is 3.12. The molecule has 3 aromatic rings. The molecule has 1 aromatic heterocycles. The SMILES string of the molecule is CCOC(CNC(=O)Cn1cc(S(=O)(=O)c2ccc(C)cc2)c2ccccc21)OCC. The van der Waals surface area contributed by atoms with Crippen molar-refractivity contribution >= 4 is 26.6 Å². The van der Waals surface area contributed by atoms with Crippen molar-refractivity contribution in [1.29, 1.82) is 0 Å². The third-order valence-corrected chi connectivity index (χ3v) is 6.65. The van der Waals surface area contributed by atoms with E-state index < -0.39 is 16.1 Å². The Hall–Kier alpha value is -2.68. The van der Waals surface area contributed by atoms with Gasteiger partial charge in [0, 0.05) is 30.3 Å². The van der Waals surface area contributed by atoms with Gasteiger partial charge in [0.1, 0.15) is 6.54 Å². The second kappa shape index (κ2) is 10.1. The highest BCUT2D eigenvalue weighted by atomic mass is 32.2. The molecule has 0 fully saturated rings.